The number of fused-ring (bicyclic) bond motifs is 1. The summed E-state index contributed by atoms with van der Waals surface area (Å²) >= 11 is 1.87. The summed E-state index contributed by atoms with van der Waals surface area (Å²) in [6.45, 7) is 9.31. The minimum absolute atomic E-state index is 0.598. The van der Waals surface area contributed by atoms with E-state index in [1.807, 2.05) is 11.3 Å². The fraction of sp³-hybridized carbons (Fsp3) is 0.750. The van der Waals surface area contributed by atoms with Crippen LogP contribution < -0.4 is 0 Å². The Labute approximate surface area is 130 Å². The van der Waals surface area contributed by atoms with Crippen molar-refractivity contribution in [2.45, 2.75) is 12.6 Å². The van der Waals surface area contributed by atoms with Crippen LogP contribution in [0.5, 0.6) is 0 Å². The second-order valence-corrected chi connectivity index (χ2v) is 7.48. The van der Waals surface area contributed by atoms with Crippen LogP contribution in [0.2, 0.25) is 0 Å². The van der Waals surface area contributed by atoms with E-state index in [2.05, 4.69) is 27.3 Å². The molecular weight excluding hydrogens is 284 g/mol. The first-order chi connectivity index (χ1) is 10.4. The first-order valence-corrected chi connectivity index (χ1v) is 8.92. The molecule has 0 amide bonds. The Morgan fingerprint density at radius 2 is 2.05 bits per heavy atom. The largest absolute Gasteiger partial charge is 0.379 e. The molecule has 1 aromatic heterocycles. The smallest absolute Gasteiger partial charge is 0.0625 e. The molecule has 4 rings (SSSR count). The molecule has 1 aromatic rings. The lowest BCUT2D eigenvalue weighted by Crippen LogP contribution is -2.53. The maximum Gasteiger partial charge on any atom is 0.0625 e. The SMILES string of the molecule is c1csc(CN2C[C@@H]3COC[C@@H](N4CCOCC4)[C@@H]3C2)c1. The lowest BCUT2D eigenvalue weighted by Gasteiger charge is -2.42. The average Bonchev–Trinajstić information content (AvgIpc) is 3.17. The molecule has 0 bridgehead atoms. The normalized spacial score (nSPS) is 35.0. The summed E-state index contributed by atoms with van der Waals surface area (Å²) in [6, 6.07) is 5.01. The van der Waals surface area contributed by atoms with Crippen molar-refractivity contribution in [3.8, 4) is 0 Å². The van der Waals surface area contributed by atoms with Crippen molar-refractivity contribution in [2.75, 3.05) is 52.6 Å². The van der Waals surface area contributed by atoms with Crippen molar-refractivity contribution in [3.63, 3.8) is 0 Å². The monoisotopic (exact) mass is 308 g/mol. The van der Waals surface area contributed by atoms with E-state index in [4.69, 9.17) is 9.47 Å². The highest BCUT2D eigenvalue weighted by Crippen LogP contribution is 2.34. The van der Waals surface area contributed by atoms with E-state index in [9.17, 15) is 0 Å². The van der Waals surface area contributed by atoms with E-state index in [1.54, 1.807) is 0 Å². The zero-order chi connectivity index (χ0) is 14.1. The molecule has 5 heteroatoms. The lowest BCUT2D eigenvalue weighted by atomic mass is 9.86. The topological polar surface area (TPSA) is 24.9 Å². The van der Waals surface area contributed by atoms with E-state index in [1.165, 1.54) is 18.0 Å². The molecular formula is C16H24N2O2S. The molecule has 0 aliphatic carbocycles. The average molecular weight is 308 g/mol. The van der Waals surface area contributed by atoms with E-state index >= 15 is 0 Å². The standard InChI is InChI=1S/C16H24N2O2S/c1-2-14(21-7-1)9-17-8-13-11-20-12-16(15(13)10-17)18-3-5-19-6-4-18/h1-2,7,13,15-16H,3-6,8-12H2/t13-,15-,16-/m1/s1. The first kappa shape index (κ1) is 14.2. The van der Waals surface area contributed by atoms with Crippen molar-refractivity contribution in [2.24, 2.45) is 11.8 Å². The second kappa shape index (κ2) is 6.34. The number of hydrogen-bond acceptors (Lipinski definition) is 5. The van der Waals surface area contributed by atoms with Gasteiger partial charge in [-0.3, -0.25) is 9.80 Å². The minimum atomic E-state index is 0.598. The molecule has 3 saturated heterocycles. The van der Waals surface area contributed by atoms with Crippen LogP contribution >= 0.6 is 11.3 Å². The van der Waals surface area contributed by atoms with Crippen LogP contribution in [0.3, 0.4) is 0 Å². The van der Waals surface area contributed by atoms with Gasteiger partial charge in [0.25, 0.3) is 0 Å². The molecule has 0 aromatic carbocycles. The van der Waals surface area contributed by atoms with Gasteiger partial charge in [0, 0.05) is 49.6 Å². The molecule has 0 radical (unpaired) electrons. The Bertz CT molecular complexity index is 447. The molecule has 4 heterocycles. The highest BCUT2D eigenvalue weighted by Gasteiger charge is 2.43. The lowest BCUT2D eigenvalue weighted by molar-refractivity contribution is -0.0683. The Kier molecular flexibility index (Phi) is 4.27. The summed E-state index contributed by atoms with van der Waals surface area (Å²) in [5.74, 6) is 1.49. The number of thiophene rings is 1. The van der Waals surface area contributed by atoms with Crippen LogP contribution in [0.1, 0.15) is 4.88 Å². The molecule has 116 valence electrons. The van der Waals surface area contributed by atoms with Gasteiger partial charge >= 0.3 is 0 Å². The highest BCUT2D eigenvalue weighted by atomic mass is 32.1. The van der Waals surface area contributed by atoms with Crippen LogP contribution in [-0.4, -0.2) is 68.4 Å². The number of morpholine rings is 1. The maximum absolute atomic E-state index is 5.93. The maximum atomic E-state index is 5.93. The summed E-state index contributed by atoms with van der Waals surface area (Å²) in [6.07, 6.45) is 0. The van der Waals surface area contributed by atoms with Gasteiger partial charge in [-0.15, -0.1) is 11.3 Å². The third-order valence-corrected chi connectivity index (χ3v) is 6.02. The van der Waals surface area contributed by atoms with E-state index in [0.717, 1.165) is 52.0 Å². The van der Waals surface area contributed by atoms with Gasteiger partial charge in [-0.1, -0.05) is 6.07 Å². The molecule has 3 fully saturated rings. The van der Waals surface area contributed by atoms with Crippen LogP contribution in [0, 0.1) is 11.8 Å². The van der Waals surface area contributed by atoms with Gasteiger partial charge in [0.05, 0.1) is 26.4 Å². The van der Waals surface area contributed by atoms with Crippen molar-refractivity contribution in [3.05, 3.63) is 22.4 Å². The quantitative estimate of drug-likeness (QED) is 0.845. The number of hydrogen-bond donors (Lipinski definition) is 0. The van der Waals surface area contributed by atoms with Gasteiger partial charge in [0.2, 0.25) is 0 Å². The third kappa shape index (κ3) is 3.03. The second-order valence-electron chi connectivity index (χ2n) is 6.45. The van der Waals surface area contributed by atoms with Crippen molar-refractivity contribution in [1.29, 1.82) is 0 Å². The molecule has 3 atom stereocenters. The number of ether oxygens (including phenoxy) is 2. The Balaban J connectivity index is 1.42. The molecule has 0 unspecified atom stereocenters. The fourth-order valence-electron chi connectivity index (χ4n) is 4.10. The summed E-state index contributed by atoms with van der Waals surface area (Å²) in [4.78, 5) is 6.72. The molecule has 3 aliphatic rings. The van der Waals surface area contributed by atoms with Crippen molar-refractivity contribution < 1.29 is 9.47 Å². The molecule has 0 saturated carbocycles. The number of nitrogens with zero attached hydrogens (tertiary/aromatic N) is 2. The van der Waals surface area contributed by atoms with Crippen molar-refractivity contribution >= 4 is 11.3 Å². The van der Waals surface area contributed by atoms with E-state index < -0.39 is 0 Å². The Morgan fingerprint density at radius 3 is 2.86 bits per heavy atom. The zero-order valence-corrected chi connectivity index (χ0v) is 13.3. The van der Waals surface area contributed by atoms with Gasteiger partial charge in [-0.05, 0) is 17.4 Å². The molecule has 3 aliphatic heterocycles. The molecule has 0 spiro atoms. The summed E-state index contributed by atoms with van der Waals surface area (Å²) in [7, 11) is 0. The predicted molar refractivity (Wildman–Crippen MR) is 83.6 cm³/mol. The van der Waals surface area contributed by atoms with Crippen LogP contribution in [0.4, 0.5) is 0 Å². The third-order valence-electron chi connectivity index (χ3n) is 5.16. The number of likely N-dealkylation sites (tertiary alicyclic amines) is 1. The van der Waals surface area contributed by atoms with Gasteiger partial charge in [0.15, 0.2) is 0 Å². The van der Waals surface area contributed by atoms with Gasteiger partial charge in [0.1, 0.15) is 0 Å². The highest BCUT2D eigenvalue weighted by molar-refractivity contribution is 7.09. The number of rotatable bonds is 3. The first-order valence-electron chi connectivity index (χ1n) is 8.04. The predicted octanol–water partition coefficient (Wildman–Crippen LogP) is 1.53. The van der Waals surface area contributed by atoms with Crippen LogP contribution in [-0.2, 0) is 16.0 Å². The van der Waals surface area contributed by atoms with E-state index in [-0.39, 0.29) is 0 Å². The van der Waals surface area contributed by atoms with Crippen molar-refractivity contribution in [1.82, 2.24) is 9.80 Å². The molecule has 21 heavy (non-hydrogen) atoms. The summed E-state index contributed by atoms with van der Waals surface area (Å²) in [5.41, 5.74) is 0. The van der Waals surface area contributed by atoms with Gasteiger partial charge < -0.3 is 9.47 Å². The van der Waals surface area contributed by atoms with Gasteiger partial charge in [-0.2, -0.15) is 0 Å². The van der Waals surface area contributed by atoms with Crippen LogP contribution in [0.25, 0.3) is 0 Å². The summed E-state index contributed by atoms with van der Waals surface area (Å²) < 4.78 is 11.4. The molecule has 4 nitrogen and oxygen atoms in total. The van der Waals surface area contributed by atoms with Gasteiger partial charge in [-0.25, -0.2) is 0 Å². The molecule has 0 N–H and O–H groups in total. The minimum Gasteiger partial charge on any atom is -0.379 e. The zero-order valence-electron chi connectivity index (χ0n) is 12.4. The fourth-order valence-corrected chi connectivity index (χ4v) is 4.85. The summed E-state index contributed by atoms with van der Waals surface area (Å²) in [5, 5.41) is 2.18. The van der Waals surface area contributed by atoms with Crippen LogP contribution in [0.15, 0.2) is 17.5 Å². The Hall–Kier alpha value is -0.460. The van der Waals surface area contributed by atoms with E-state index in [0.29, 0.717) is 12.0 Å². The Morgan fingerprint density at radius 1 is 1.14 bits per heavy atom.